The maximum atomic E-state index is 5.69. The Morgan fingerprint density at radius 1 is 1.44 bits per heavy atom. The first kappa shape index (κ1) is 10.6. The molecule has 0 spiro atoms. The van der Waals surface area contributed by atoms with Crippen LogP contribution < -0.4 is 5.32 Å². The lowest BCUT2D eigenvalue weighted by atomic mass is 9.84. The van der Waals surface area contributed by atoms with Crippen molar-refractivity contribution in [2.75, 3.05) is 13.7 Å². The molecule has 0 saturated heterocycles. The molecule has 2 saturated carbocycles. The van der Waals surface area contributed by atoms with E-state index < -0.39 is 0 Å². The molecular weight excluding hydrogens is 198 g/mol. The van der Waals surface area contributed by atoms with Crippen LogP contribution in [0.4, 0.5) is 0 Å². The van der Waals surface area contributed by atoms with E-state index in [2.05, 4.69) is 18.4 Å². The molecule has 2 aliphatic carbocycles. The normalized spacial score (nSPS) is 38.6. The van der Waals surface area contributed by atoms with Crippen LogP contribution >= 0.6 is 0 Å². The first-order valence-electron chi connectivity index (χ1n) is 6.87. The van der Waals surface area contributed by atoms with E-state index in [1.165, 1.54) is 37.9 Å². The van der Waals surface area contributed by atoms with E-state index in [1.807, 2.05) is 0 Å². The molecule has 0 aromatic rings. The second-order valence-corrected chi connectivity index (χ2v) is 5.76. The minimum atomic E-state index is 0.479. The zero-order valence-corrected chi connectivity index (χ0v) is 10.2. The molecule has 0 aromatic carbocycles. The van der Waals surface area contributed by atoms with Gasteiger partial charge in [-0.3, -0.25) is 0 Å². The molecule has 16 heavy (non-hydrogen) atoms. The Labute approximate surface area is 98.4 Å². The monoisotopic (exact) mass is 221 g/mol. The first-order chi connectivity index (χ1) is 7.86. The predicted molar refractivity (Wildman–Crippen MR) is 65.1 cm³/mol. The van der Waals surface area contributed by atoms with Crippen molar-refractivity contribution in [1.29, 1.82) is 0 Å². The summed E-state index contributed by atoms with van der Waals surface area (Å²) < 4.78 is 5.69. The van der Waals surface area contributed by atoms with Gasteiger partial charge in [0.25, 0.3) is 0 Å². The number of hydrogen-bond donors (Lipinski definition) is 1. The van der Waals surface area contributed by atoms with Gasteiger partial charge in [-0.15, -0.1) is 0 Å². The highest BCUT2D eigenvalue weighted by atomic mass is 16.5. The highest BCUT2D eigenvalue weighted by molar-refractivity contribution is 5.08. The average molecular weight is 221 g/mol. The third kappa shape index (κ3) is 1.88. The van der Waals surface area contributed by atoms with E-state index in [4.69, 9.17) is 4.74 Å². The summed E-state index contributed by atoms with van der Waals surface area (Å²) in [5.74, 6) is 4.26. The zero-order chi connectivity index (χ0) is 11.0. The van der Waals surface area contributed by atoms with Crippen LogP contribution in [0.2, 0.25) is 0 Å². The highest BCUT2D eigenvalue weighted by Gasteiger charge is 2.40. The molecule has 1 aliphatic heterocycles. The van der Waals surface area contributed by atoms with E-state index in [1.54, 1.807) is 0 Å². The average Bonchev–Trinajstić information content (AvgIpc) is 3.01. The Balaban J connectivity index is 1.60. The van der Waals surface area contributed by atoms with Gasteiger partial charge >= 0.3 is 0 Å². The van der Waals surface area contributed by atoms with Crippen molar-refractivity contribution in [3.63, 3.8) is 0 Å². The van der Waals surface area contributed by atoms with Crippen LogP contribution in [0.25, 0.3) is 0 Å². The number of nitrogens with one attached hydrogen (secondary N) is 1. The van der Waals surface area contributed by atoms with Crippen LogP contribution in [0.5, 0.6) is 0 Å². The number of hydrogen-bond acceptors (Lipinski definition) is 2. The van der Waals surface area contributed by atoms with E-state index in [0.29, 0.717) is 6.04 Å². The summed E-state index contributed by atoms with van der Waals surface area (Å²) in [4.78, 5) is 0. The number of likely N-dealkylation sites (N-methyl/N-ethyl adjacent to an activating group) is 1. The second kappa shape index (κ2) is 4.40. The van der Waals surface area contributed by atoms with Gasteiger partial charge in [0.05, 0.1) is 12.6 Å². The Bertz CT molecular complexity index is 286. The van der Waals surface area contributed by atoms with Crippen LogP contribution in [0.3, 0.4) is 0 Å². The molecule has 1 heterocycles. The molecule has 2 fully saturated rings. The van der Waals surface area contributed by atoms with Crippen LogP contribution in [0.15, 0.2) is 11.8 Å². The molecule has 3 aliphatic rings. The summed E-state index contributed by atoms with van der Waals surface area (Å²) in [5, 5.41) is 3.44. The molecule has 3 rings (SSSR count). The van der Waals surface area contributed by atoms with Gasteiger partial charge in [0.2, 0.25) is 0 Å². The molecule has 0 amide bonds. The minimum Gasteiger partial charge on any atom is -0.496 e. The highest BCUT2D eigenvalue weighted by Crippen LogP contribution is 2.50. The van der Waals surface area contributed by atoms with E-state index in [9.17, 15) is 0 Å². The summed E-state index contributed by atoms with van der Waals surface area (Å²) in [6, 6.07) is 0.479. The quantitative estimate of drug-likeness (QED) is 0.788. The predicted octanol–water partition coefficient (Wildman–Crippen LogP) is 2.70. The molecule has 4 atom stereocenters. The fourth-order valence-electron chi connectivity index (χ4n) is 4.02. The number of rotatable bonds is 4. The summed E-state index contributed by atoms with van der Waals surface area (Å²) >= 11 is 0. The van der Waals surface area contributed by atoms with Crippen LogP contribution in [0, 0.1) is 17.8 Å². The summed E-state index contributed by atoms with van der Waals surface area (Å²) in [6.07, 6.45) is 10.7. The Morgan fingerprint density at radius 2 is 2.38 bits per heavy atom. The third-order valence-corrected chi connectivity index (χ3v) is 4.85. The van der Waals surface area contributed by atoms with Crippen molar-refractivity contribution in [1.82, 2.24) is 5.32 Å². The molecular formula is C14H23NO. The molecule has 2 heteroatoms. The molecule has 2 bridgehead atoms. The fourth-order valence-corrected chi connectivity index (χ4v) is 4.02. The zero-order valence-electron chi connectivity index (χ0n) is 10.2. The van der Waals surface area contributed by atoms with Gasteiger partial charge in [-0.1, -0.05) is 6.42 Å². The first-order valence-corrected chi connectivity index (χ1v) is 6.87. The van der Waals surface area contributed by atoms with Crippen molar-refractivity contribution in [2.24, 2.45) is 17.8 Å². The Kier molecular flexibility index (Phi) is 2.93. The lowest BCUT2D eigenvalue weighted by Gasteiger charge is -2.26. The molecule has 0 aromatic heterocycles. The number of ether oxygens (including phenoxy) is 1. The van der Waals surface area contributed by atoms with E-state index in [0.717, 1.165) is 30.8 Å². The second-order valence-electron chi connectivity index (χ2n) is 5.76. The topological polar surface area (TPSA) is 21.3 Å². The summed E-state index contributed by atoms with van der Waals surface area (Å²) in [5.41, 5.74) is 0. The molecule has 1 N–H and O–H groups in total. The Morgan fingerprint density at radius 3 is 2.94 bits per heavy atom. The van der Waals surface area contributed by atoms with Crippen molar-refractivity contribution in [3.05, 3.63) is 11.8 Å². The van der Waals surface area contributed by atoms with E-state index >= 15 is 0 Å². The minimum absolute atomic E-state index is 0.479. The smallest absolute Gasteiger partial charge is 0.109 e. The van der Waals surface area contributed by atoms with Gasteiger partial charge in [-0.05, 0) is 56.6 Å². The standard InChI is InChI=1S/C14H23NO/c1-15-13(14-3-2-6-16-14)9-12-8-10-4-5-11(12)7-10/h3,10-13,15H,2,4-9H2,1H3. The van der Waals surface area contributed by atoms with Gasteiger partial charge in [0, 0.05) is 6.42 Å². The SMILES string of the molecule is CNC(CC1CC2CCC1C2)C1=CCCO1. The van der Waals surface area contributed by atoms with Crippen molar-refractivity contribution in [2.45, 2.75) is 44.6 Å². The van der Waals surface area contributed by atoms with Gasteiger partial charge in [-0.2, -0.15) is 0 Å². The van der Waals surface area contributed by atoms with Crippen LogP contribution in [-0.2, 0) is 4.74 Å². The van der Waals surface area contributed by atoms with Crippen molar-refractivity contribution in [3.8, 4) is 0 Å². The largest absolute Gasteiger partial charge is 0.496 e. The van der Waals surface area contributed by atoms with Gasteiger partial charge < -0.3 is 10.1 Å². The van der Waals surface area contributed by atoms with E-state index in [-0.39, 0.29) is 0 Å². The summed E-state index contributed by atoms with van der Waals surface area (Å²) in [6.45, 7) is 0.893. The van der Waals surface area contributed by atoms with Gasteiger partial charge in [0.15, 0.2) is 0 Å². The van der Waals surface area contributed by atoms with Crippen LogP contribution in [0.1, 0.15) is 38.5 Å². The molecule has 0 radical (unpaired) electrons. The third-order valence-electron chi connectivity index (χ3n) is 4.85. The van der Waals surface area contributed by atoms with Gasteiger partial charge in [-0.25, -0.2) is 0 Å². The summed E-state index contributed by atoms with van der Waals surface area (Å²) in [7, 11) is 2.07. The maximum absolute atomic E-state index is 5.69. The maximum Gasteiger partial charge on any atom is 0.109 e. The van der Waals surface area contributed by atoms with Gasteiger partial charge in [0.1, 0.15) is 5.76 Å². The van der Waals surface area contributed by atoms with Crippen molar-refractivity contribution < 1.29 is 4.74 Å². The fraction of sp³-hybridized carbons (Fsp3) is 0.857. The Hall–Kier alpha value is -0.500. The molecule has 90 valence electrons. The lowest BCUT2D eigenvalue weighted by molar-refractivity contribution is 0.196. The molecule has 4 unspecified atom stereocenters. The molecule has 2 nitrogen and oxygen atoms in total. The lowest BCUT2D eigenvalue weighted by Crippen LogP contribution is -2.31. The van der Waals surface area contributed by atoms with Crippen molar-refractivity contribution >= 4 is 0 Å². The number of fused-ring (bicyclic) bond motifs is 2. The van der Waals surface area contributed by atoms with Crippen LogP contribution in [-0.4, -0.2) is 19.7 Å².